The van der Waals surface area contributed by atoms with Gasteiger partial charge in [0.25, 0.3) is 5.91 Å². The van der Waals surface area contributed by atoms with Gasteiger partial charge < -0.3 is 10.6 Å². The van der Waals surface area contributed by atoms with Gasteiger partial charge in [0.15, 0.2) is 9.84 Å². The lowest BCUT2D eigenvalue weighted by molar-refractivity contribution is 0.0936. The summed E-state index contributed by atoms with van der Waals surface area (Å²) < 4.78 is 22.9. The standard InChI is InChI=1S/C18H21N3O3S/c1-13-3-2-4-14(9-13)10-19-15-5-6-17(20-11-15)18(22)21-16-7-8-25(23,24)12-16/h2-6,9,11,16,19H,7-8,10,12H2,1H3,(H,21,22). The molecule has 1 saturated heterocycles. The van der Waals surface area contributed by atoms with Crippen LogP contribution in [0.15, 0.2) is 42.6 Å². The van der Waals surface area contributed by atoms with Gasteiger partial charge >= 0.3 is 0 Å². The molecule has 7 heteroatoms. The maximum atomic E-state index is 12.2. The van der Waals surface area contributed by atoms with Crippen molar-refractivity contribution in [3.63, 3.8) is 0 Å². The number of pyridine rings is 1. The molecule has 1 fully saturated rings. The van der Waals surface area contributed by atoms with E-state index in [-0.39, 0.29) is 29.1 Å². The molecule has 1 aromatic heterocycles. The quantitative estimate of drug-likeness (QED) is 0.851. The van der Waals surface area contributed by atoms with Crippen LogP contribution in [0.4, 0.5) is 5.69 Å². The molecule has 2 heterocycles. The van der Waals surface area contributed by atoms with Crippen molar-refractivity contribution in [1.29, 1.82) is 0 Å². The van der Waals surface area contributed by atoms with Gasteiger partial charge in [-0.05, 0) is 31.0 Å². The lowest BCUT2D eigenvalue weighted by Gasteiger charge is -2.11. The minimum Gasteiger partial charge on any atom is -0.380 e. The maximum absolute atomic E-state index is 12.2. The summed E-state index contributed by atoms with van der Waals surface area (Å²) in [6, 6.07) is 11.3. The summed E-state index contributed by atoms with van der Waals surface area (Å²) in [5.74, 6) is -0.199. The largest absolute Gasteiger partial charge is 0.380 e. The van der Waals surface area contributed by atoms with Crippen LogP contribution in [0.25, 0.3) is 0 Å². The minimum atomic E-state index is -3.01. The van der Waals surface area contributed by atoms with Crippen LogP contribution < -0.4 is 10.6 Å². The normalized spacial score (nSPS) is 18.7. The lowest BCUT2D eigenvalue weighted by Crippen LogP contribution is -2.36. The Morgan fingerprint density at radius 1 is 1.28 bits per heavy atom. The molecule has 1 aliphatic heterocycles. The Morgan fingerprint density at radius 3 is 2.76 bits per heavy atom. The minimum absolute atomic E-state index is 0.00880. The molecule has 1 unspecified atom stereocenters. The number of anilines is 1. The van der Waals surface area contributed by atoms with Crippen molar-refractivity contribution in [3.05, 3.63) is 59.4 Å². The predicted octanol–water partition coefficient (Wildman–Crippen LogP) is 1.92. The number of aryl methyl sites for hydroxylation is 1. The number of rotatable bonds is 5. The first-order valence-corrected chi connectivity index (χ1v) is 10.0. The molecule has 132 valence electrons. The number of aromatic nitrogens is 1. The van der Waals surface area contributed by atoms with Crippen molar-refractivity contribution >= 4 is 21.4 Å². The Labute approximate surface area is 147 Å². The summed E-state index contributed by atoms with van der Waals surface area (Å²) in [4.78, 5) is 16.3. The highest BCUT2D eigenvalue weighted by Gasteiger charge is 2.29. The first-order valence-electron chi connectivity index (χ1n) is 8.18. The first kappa shape index (κ1) is 17.4. The van der Waals surface area contributed by atoms with E-state index >= 15 is 0 Å². The van der Waals surface area contributed by atoms with Gasteiger partial charge in [-0.25, -0.2) is 13.4 Å². The van der Waals surface area contributed by atoms with E-state index in [0.717, 1.165) is 5.69 Å². The van der Waals surface area contributed by atoms with Crippen LogP contribution >= 0.6 is 0 Å². The Bertz CT molecular complexity index is 863. The molecule has 0 bridgehead atoms. The number of benzene rings is 1. The summed E-state index contributed by atoms with van der Waals surface area (Å²) in [6.07, 6.45) is 2.07. The van der Waals surface area contributed by atoms with Crippen molar-refractivity contribution in [1.82, 2.24) is 10.3 Å². The zero-order valence-electron chi connectivity index (χ0n) is 14.0. The monoisotopic (exact) mass is 359 g/mol. The fraction of sp³-hybridized carbons (Fsp3) is 0.333. The van der Waals surface area contributed by atoms with E-state index < -0.39 is 9.84 Å². The van der Waals surface area contributed by atoms with Crippen molar-refractivity contribution in [2.75, 3.05) is 16.8 Å². The highest BCUT2D eigenvalue weighted by atomic mass is 32.2. The number of sulfone groups is 1. The second-order valence-electron chi connectivity index (χ2n) is 6.35. The van der Waals surface area contributed by atoms with Crippen LogP contribution in [-0.2, 0) is 16.4 Å². The molecule has 1 atom stereocenters. The molecule has 0 aliphatic carbocycles. The lowest BCUT2D eigenvalue weighted by atomic mass is 10.1. The Hall–Kier alpha value is -2.41. The molecule has 1 aliphatic rings. The molecule has 0 spiro atoms. The highest BCUT2D eigenvalue weighted by Crippen LogP contribution is 2.13. The van der Waals surface area contributed by atoms with E-state index in [2.05, 4.69) is 21.7 Å². The van der Waals surface area contributed by atoms with Gasteiger partial charge in [0.1, 0.15) is 5.69 Å². The highest BCUT2D eigenvalue weighted by molar-refractivity contribution is 7.91. The smallest absolute Gasteiger partial charge is 0.270 e. The Morgan fingerprint density at radius 2 is 2.12 bits per heavy atom. The second-order valence-corrected chi connectivity index (χ2v) is 8.58. The SMILES string of the molecule is Cc1cccc(CNc2ccc(C(=O)NC3CCS(=O)(=O)C3)nc2)c1. The van der Waals surface area contributed by atoms with E-state index in [4.69, 9.17) is 0 Å². The van der Waals surface area contributed by atoms with Crippen LogP contribution in [-0.4, -0.2) is 36.9 Å². The molecule has 3 rings (SSSR count). The third-order valence-electron chi connectivity index (χ3n) is 4.14. The van der Waals surface area contributed by atoms with Gasteiger partial charge in [0.2, 0.25) is 0 Å². The average molecular weight is 359 g/mol. The van der Waals surface area contributed by atoms with Crippen LogP contribution in [0, 0.1) is 6.92 Å². The van der Waals surface area contributed by atoms with Crippen LogP contribution in [0.2, 0.25) is 0 Å². The average Bonchev–Trinajstić information content (AvgIpc) is 2.92. The molecule has 0 saturated carbocycles. The Kier molecular flexibility index (Phi) is 5.03. The summed E-state index contributed by atoms with van der Waals surface area (Å²) >= 11 is 0. The number of hydrogen-bond donors (Lipinski definition) is 2. The number of amides is 1. The predicted molar refractivity (Wildman–Crippen MR) is 97.3 cm³/mol. The van der Waals surface area contributed by atoms with Gasteiger partial charge in [-0.15, -0.1) is 0 Å². The third-order valence-corrected chi connectivity index (χ3v) is 5.91. The first-order chi connectivity index (χ1) is 11.9. The molecule has 25 heavy (non-hydrogen) atoms. The topological polar surface area (TPSA) is 88.2 Å². The van der Waals surface area contributed by atoms with Gasteiger partial charge in [-0.2, -0.15) is 0 Å². The van der Waals surface area contributed by atoms with Crippen molar-refractivity contribution < 1.29 is 13.2 Å². The number of carbonyl (C=O) groups is 1. The van der Waals surface area contributed by atoms with Gasteiger partial charge in [-0.3, -0.25) is 4.79 Å². The summed E-state index contributed by atoms with van der Waals surface area (Å²) in [5, 5.41) is 6.00. The Balaban J connectivity index is 1.55. The van der Waals surface area contributed by atoms with Crippen molar-refractivity contribution in [3.8, 4) is 0 Å². The summed E-state index contributed by atoms with van der Waals surface area (Å²) in [6.45, 7) is 2.73. The van der Waals surface area contributed by atoms with Crippen LogP contribution in [0.1, 0.15) is 28.0 Å². The second kappa shape index (κ2) is 7.23. The molecule has 2 aromatic rings. The third kappa shape index (κ3) is 4.79. The molecule has 1 aromatic carbocycles. The van der Waals surface area contributed by atoms with Crippen molar-refractivity contribution in [2.45, 2.75) is 25.9 Å². The van der Waals surface area contributed by atoms with Gasteiger partial charge in [0.05, 0.1) is 23.4 Å². The molecular formula is C18H21N3O3S. The van der Waals surface area contributed by atoms with E-state index in [9.17, 15) is 13.2 Å². The molecule has 1 amide bonds. The van der Waals surface area contributed by atoms with Crippen LogP contribution in [0.5, 0.6) is 0 Å². The summed E-state index contributed by atoms with van der Waals surface area (Å²) in [7, 11) is -3.01. The van der Waals surface area contributed by atoms with E-state index in [1.807, 2.05) is 25.1 Å². The van der Waals surface area contributed by atoms with E-state index in [1.54, 1.807) is 18.3 Å². The van der Waals surface area contributed by atoms with Gasteiger partial charge in [-0.1, -0.05) is 29.8 Å². The van der Waals surface area contributed by atoms with Crippen molar-refractivity contribution in [2.24, 2.45) is 0 Å². The summed E-state index contributed by atoms with van der Waals surface area (Å²) in [5.41, 5.74) is 3.48. The number of hydrogen-bond acceptors (Lipinski definition) is 5. The van der Waals surface area contributed by atoms with Crippen LogP contribution in [0.3, 0.4) is 0 Å². The number of nitrogens with one attached hydrogen (secondary N) is 2. The molecular weight excluding hydrogens is 338 g/mol. The molecule has 0 radical (unpaired) electrons. The number of nitrogens with zero attached hydrogens (tertiary/aromatic N) is 1. The van der Waals surface area contributed by atoms with Gasteiger partial charge in [0, 0.05) is 12.6 Å². The number of carbonyl (C=O) groups excluding carboxylic acids is 1. The molecule has 2 N–H and O–H groups in total. The fourth-order valence-electron chi connectivity index (χ4n) is 2.83. The van der Waals surface area contributed by atoms with E-state index in [1.165, 1.54) is 11.1 Å². The fourth-order valence-corrected chi connectivity index (χ4v) is 4.50. The van der Waals surface area contributed by atoms with E-state index in [0.29, 0.717) is 13.0 Å². The zero-order chi connectivity index (χ0) is 17.9. The maximum Gasteiger partial charge on any atom is 0.270 e. The molecule has 6 nitrogen and oxygen atoms in total. The zero-order valence-corrected chi connectivity index (χ0v) is 14.8.